The number of hydrogen-bond donors (Lipinski definition) is 2. The predicted molar refractivity (Wildman–Crippen MR) is 81.2 cm³/mol. The van der Waals surface area contributed by atoms with Gasteiger partial charge in [-0.25, -0.2) is 0 Å². The topological polar surface area (TPSA) is 50.9 Å². The first-order valence-electron chi connectivity index (χ1n) is 7.11. The quantitative estimate of drug-likeness (QED) is 0.799. The van der Waals surface area contributed by atoms with Gasteiger partial charge in [-0.15, -0.1) is 0 Å². The van der Waals surface area contributed by atoms with Gasteiger partial charge in [0.2, 0.25) is 0 Å². The molecule has 0 radical (unpaired) electrons. The van der Waals surface area contributed by atoms with E-state index in [2.05, 4.69) is 17.2 Å². The minimum Gasteiger partial charge on any atom is -0.398 e. The standard InChI is InChI=1S/C16H21N3/c1-2-7-16(8-9-16)11-19-14-6-5-13(17)12-4-3-10-18-15(12)14/h3-6,10,19H,2,7-9,11,17H2,1H3. The molecule has 1 heterocycles. The Hall–Kier alpha value is -1.77. The zero-order valence-electron chi connectivity index (χ0n) is 11.4. The van der Waals surface area contributed by atoms with E-state index in [1.807, 2.05) is 30.5 Å². The number of nitrogen functional groups attached to an aromatic ring is 1. The third-order valence-corrected chi connectivity index (χ3v) is 4.19. The highest BCUT2D eigenvalue weighted by Crippen LogP contribution is 2.49. The van der Waals surface area contributed by atoms with Crippen LogP contribution in [-0.2, 0) is 0 Å². The maximum Gasteiger partial charge on any atom is 0.0953 e. The van der Waals surface area contributed by atoms with E-state index < -0.39 is 0 Å². The van der Waals surface area contributed by atoms with Crippen LogP contribution in [0.15, 0.2) is 30.5 Å². The van der Waals surface area contributed by atoms with E-state index in [1.165, 1.54) is 25.7 Å². The predicted octanol–water partition coefficient (Wildman–Crippen LogP) is 3.81. The molecule has 0 saturated heterocycles. The molecular formula is C16H21N3. The number of aromatic nitrogens is 1. The van der Waals surface area contributed by atoms with Crippen LogP contribution in [0.5, 0.6) is 0 Å². The number of nitrogens with one attached hydrogen (secondary N) is 1. The summed E-state index contributed by atoms with van der Waals surface area (Å²) >= 11 is 0. The number of nitrogens with two attached hydrogens (primary N) is 1. The van der Waals surface area contributed by atoms with Gasteiger partial charge >= 0.3 is 0 Å². The molecule has 0 amide bonds. The monoisotopic (exact) mass is 255 g/mol. The molecule has 3 rings (SSSR count). The van der Waals surface area contributed by atoms with E-state index in [-0.39, 0.29) is 0 Å². The highest BCUT2D eigenvalue weighted by Gasteiger charge is 2.41. The van der Waals surface area contributed by atoms with Gasteiger partial charge in [0.05, 0.1) is 11.2 Å². The Morgan fingerprint density at radius 1 is 1.32 bits per heavy atom. The number of anilines is 2. The van der Waals surface area contributed by atoms with Gasteiger partial charge in [0.15, 0.2) is 0 Å². The first-order valence-corrected chi connectivity index (χ1v) is 7.11. The zero-order chi connectivity index (χ0) is 13.3. The van der Waals surface area contributed by atoms with Crippen molar-refractivity contribution in [1.82, 2.24) is 4.98 Å². The molecule has 0 bridgehead atoms. The Kier molecular flexibility index (Phi) is 3.05. The number of hydrogen-bond acceptors (Lipinski definition) is 3. The molecule has 100 valence electrons. The van der Waals surface area contributed by atoms with Crippen molar-refractivity contribution in [1.29, 1.82) is 0 Å². The second-order valence-electron chi connectivity index (χ2n) is 5.71. The Morgan fingerprint density at radius 2 is 2.16 bits per heavy atom. The number of rotatable bonds is 5. The lowest BCUT2D eigenvalue weighted by Crippen LogP contribution is -2.15. The second-order valence-corrected chi connectivity index (χ2v) is 5.71. The fraction of sp³-hybridized carbons (Fsp3) is 0.438. The summed E-state index contributed by atoms with van der Waals surface area (Å²) in [6, 6.07) is 7.97. The summed E-state index contributed by atoms with van der Waals surface area (Å²) < 4.78 is 0. The van der Waals surface area contributed by atoms with Crippen molar-refractivity contribution < 1.29 is 0 Å². The fourth-order valence-corrected chi connectivity index (χ4v) is 2.84. The number of nitrogens with zero attached hydrogens (tertiary/aromatic N) is 1. The molecule has 3 N–H and O–H groups in total. The molecule has 1 aliphatic rings. The molecule has 0 aliphatic heterocycles. The van der Waals surface area contributed by atoms with E-state index in [0.29, 0.717) is 5.41 Å². The first kappa shape index (κ1) is 12.3. The van der Waals surface area contributed by atoms with Crippen LogP contribution in [0.2, 0.25) is 0 Å². The van der Waals surface area contributed by atoms with E-state index in [0.717, 1.165) is 28.8 Å². The third kappa shape index (κ3) is 2.37. The van der Waals surface area contributed by atoms with Crippen molar-refractivity contribution in [2.75, 3.05) is 17.6 Å². The second kappa shape index (κ2) is 4.72. The summed E-state index contributed by atoms with van der Waals surface area (Å²) in [5.41, 5.74) is 9.42. The van der Waals surface area contributed by atoms with Gasteiger partial charge in [-0.2, -0.15) is 0 Å². The molecule has 19 heavy (non-hydrogen) atoms. The highest BCUT2D eigenvalue weighted by molar-refractivity contribution is 5.98. The maximum absolute atomic E-state index is 6.00. The van der Waals surface area contributed by atoms with Crippen LogP contribution < -0.4 is 11.1 Å². The Balaban J connectivity index is 1.84. The third-order valence-electron chi connectivity index (χ3n) is 4.19. The lowest BCUT2D eigenvalue weighted by atomic mass is 10.0. The smallest absolute Gasteiger partial charge is 0.0953 e. The Bertz CT molecular complexity index is 588. The van der Waals surface area contributed by atoms with Crippen molar-refractivity contribution in [2.24, 2.45) is 5.41 Å². The van der Waals surface area contributed by atoms with Crippen molar-refractivity contribution in [3.05, 3.63) is 30.5 Å². The van der Waals surface area contributed by atoms with Crippen LogP contribution in [0.4, 0.5) is 11.4 Å². The summed E-state index contributed by atoms with van der Waals surface area (Å²) in [5, 5.41) is 4.62. The van der Waals surface area contributed by atoms with Crippen LogP contribution in [0.3, 0.4) is 0 Å². The molecule has 3 nitrogen and oxygen atoms in total. The van der Waals surface area contributed by atoms with Crippen molar-refractivity contribution in [3.8, 4) is 0 Å². The average molecular weight is 255 g/mol. The maximum atomic E-state index is 6.00. The van der Waals surface area contributed by atoms with Gasteiger partial charge in [-0.05, 0) is 48.9 Å². The SMILES string of the molecule is CCCC1(CNc2ccc(N)c3cccnc23)CC1. The van der Waals surface area contributed by atoms with Gasteiger partial charge in [0, 0.05) is 23.8 Å². The van der Waals surface area contributed by atoms with Gasteiger partial charge in [0.25, 0.3) is 0 Å². The van der Waals surface area contributed by atoms with Gasteiger partial charge < -0.3 is 11.1 Å². The van der Waals surface area contributed by atoms with Crippen molar-refractivity contribution in [3.63, 3.8) is 0 Å². The van der Waals surface area contributed by atoms with E-state index in [1.54, 1.807) is 0 Å². The van der Waals surface area contributed by atoms with Crippen LogP contribution >= 0.6 is 0 Å². The Labute approximate surface area is 114 Å². The van der Waals surface area contributed by atoms with E-state index in [9.17, 15) is 0 Å². The minimum absolute atomic E-state index is 0.539. The zero-order valence-corrected chi connectivity index (χ0v) is 11.4. The molecule has 1 saturated carbocycles. The van der Waals surface area contributed by atoms with Gasteiger partial charge in [0.1, 0.15) is 0 Å². The van der Waals surface area contributed by atoms with E-state index in [4.69, 9.17) is 5.73 Å². The van der Waals surface area contributed by atoms with Crippen LogP contribution in [-0.4, -0.2) is 11.5 Å². The summed E-state index contributed by atoms with van der Waals surface area (Å²) in [6.45, 7) is 3.32. The molecule has 3 heteroatoms. The number of benzene rings is 1. The molecule has 1 aliphatic carbocycles. The van der Waals surface area contributed by atoms with Crippen LogP contribution in [0, 0.1) is 5.41 Å². The largest absolute Gasteiger partial charge is 0.398 e. The number of pyridine rings is 1. The number of fused-ring (bicyclic) bond motifs is 1. The summed E-state index contributed by atoms with van der Waals surface area (Å²) in [5.74, 6) is 0. The molecule has 0 spiro atoms. The normalized spacial score (nSPS) is 16.5. The highest BCUT2D eigenvalue weighted by atomic mass is 14.9. The average Bonchev–Trinajstić information content (AvgIpc) is 3.19. The molecule has 1 aromatic heterocycles. The van der Waals surface area contributed by atoms with Crippen LogP contribution in [0.1, 0.15) is 32.6 Å². The molecule has 1 aromatic carbocycles. The lowest BCUT2D eigenvalue weighted by molar-refractivity contribution is 0.486. The fourth-order valence-electron chi connectivity index (χ4n) is 2.84. The van der Waals surface area contributed by atoms with Gasteiger partial charge in [-0.3, -0.25) is 4.98 Å². The molecule has 2 aromatic rings. The van der Waals surface area contributed by atoms with E-state index >= 15 is 0 Å². The first-order chi connectivity index (χ1) is 9.24. The van der Waals surface area contributed by atoms with Crippen molar-refractivity contribution in [2.45, 2.75) is 32.6 Å². The van der Waals surface area contributed by atoms with Crippen molar-refractivity contribution >= 4 is 22.3 Å². The minimum atomic E-state index is 0.539. The molecular weight excluding hydrogens is 234 g/mol. The van der Waals surface area contributed by atoms with Gasteiger partial charge in [-0.1, -0.05) is 13.3 Å². The molecule has 0 unspecified atom stereocenters. The molecule has 0 atom stereocenters. The summed E-state index contributed by atoms with van der Waals surface area (Å²) in [4.78, 5) is 4.47. The summed E-state index contributed by atoms with van der Waals surface area (Å²) in [6.07, 6.45) is 7.12. The summed E-state index contributed by atoms with van der Waals surface area (Å²) in [7, 11) is 0. The lowest BCUT2D eigenvalue weighted by Gasteiger charge is -2.17. The Morgan fingerprint density at radius 3 is 2.89 bits per heavy atom. The van der Waals surface area contributed by atoms with Crippen LogP contribution in [0.25, 0.3) is 10.9 Å². The molecule has 1 fully saturated rings.